The lowest BCUT2D eigenvalue weighted by atomic mass is 10.1. The zero-order chi connectivity index (χ0) is 15.2. The fourth-order valence-corrected chi connectivity index (χ4v) is 1.93. The van der Waals surface area contributed by atoms with Crippen LogP contribution in [0.1, 0.15) is 11.1 Å². The Morgan fingerprint density at radius 3 is 1.86 bits per heavy atom. The maximum absolute atomic E-state index is 11.0. The van der Waals surface area contributed by atoms with Gasteiger partial charge < -0.3 is 19.4 Å². The Kier molecular flexibility index (Phi) is 4.66. The summed E-state index contributed by atoms with van der Waals surface area (Å²) in [7, 11) is 4.72. The van der Waals surface area contributed by atoms with Gasteiger partial charge in [0.2, 0.25) is 5.75 Å². The minimum absolute atomic E-state index is 0.559. The molecule has 0 aliphatic heterocycles. The van der Waals surface area contributed by atoms with Gasteiger partial charge in [0, 0.05) is 12.1 Å². The molecule has 5 heteroatoms. The van der Waals surface area contributed by atoms with Gasteiger partial charge >= 0.3 is 0 Å². The standard InChI is InChI=1S/C16H17NO4/c1-19-14-10-13(11-15(20-2)16(14)21-3)5-4-12-6-8-17(18)9-7-12/h4-11H,1-3H3/b5-4-. The molecule has 1 aromatic heterocycles. The summed E-state index contributed by atoms with van der Waals surface area (Å²) in [6, 6.07) is 7.19. The lowest BCUT2D eigenvalue weighted by molar-refractivity contribution is -0.605. The van der Waals surface area contributed by atoms with Gasteiger partial charge in [-0.05, 0) is 23.3 Å². The second-order valence-corrected chi connectivity index (χ2v) is 4.28. The van der Waals surface area contributed by atoms with E-state index in [9.17, 15) is 5.21 Å². The van der Waals surface area contributed by atoms with E-state index in [1.54, 1.807) is 33.5 Å². The van der Waals surface area contributed by atoms with Gasteiger partial charge in [-0.25, -0.2) is 0 Å². The molecule has 0 aliphatic rings. The molecule has 0 aliphatic carbocycles. The highest BCUT2D eigenvalue weighted by Crippen LogP contribution is 2.38. The number of hydrogen-bond donors (Lipinski definition) is 0. The van der Waals surface area contributed by atoms with Crippen LogP contribution in [0.25, 0.3) is 12.2 Å². The molecule has 5 nitrogen and oxygen atoms in total. The summed E-state index contributed by atoms with van der Waals surface area (Å²) in [5.41, 5.74) is 1.83. The van der Waals surface area contributed by atoms with Crippen molar-refractivity contribution in [1.82, 2.24) is 0 Å². The van der Waals surface area contributed by atoms with Gasteiger partial charge in [-0.2, -0.15) is 4.73 Å². The van der Waals surface area contributed by atoms with Crippen molar-refractivity contribution < 1.29 is 18.9 Å². The molecule has 110 valence electrons. The molecule has 0 saturated carbocycles. The highest BCUT2D eigenvalue weighted by atomic mass is 16.5. The van der Waals surface area contributed by atoms with Crippen molar-refractivity contribution in [3.05, 3.63) is 53.0 Å². The van der Waals surface area contributed by atoms with Gasteiger partial charge in [0.1, 0.15) is 0 Å². The molecule has 1 aromatic carbocycles. The van der Waals surface area contributed by atoms with E-state index in [0.29, 0.717) is 17.2 Å². The number of benzene rings is 1. The van der Waals surface area contributed by atoms with Crippen LogP contribution in [0.15, 0.2) is 36.7 Å². The highest BCUT2D eigenvalue weighted by molar-refractivity contribution is 5.72. The predicted molar refractivity (Wildman–Crippen MR) is 80.4 cm³/mol. The number of nitrogens with zero attached hydrogens (tertiary/aromatic N) is 1. The Balaban J connectivity index is 2.33. The normalized spacial score (nSPS) is 10.6. The van der Waals surface area contributed by atoms with Crippen molar-refractivity contribution in [1.29, 1.82) is 0 Å². The molecule has 0 fully saturated rings. The number of ether oxygens (including phenoxy) is 3. The average molecular weight is 287 g/mol. The first-order valence-electron chi connectivity index (χ1n) is 6.35. The third-order valence-electron chi connectivity index (χ3n) is 2.98. The first-order valence-corrected chi connectivity index (χ1v) is 6.35. The van der Waals surface area contributed by atoms with Crippen LogP contribution < -0.4 is 18.9 Å². The van der Waals surface area contributed by atoms with E-state index in [2.05, 4.69) is 0 Å². The van der Waals surface area contributed by atoms with Crippen LogP contribution in [0.4, 0.5) is 0 Å². The van der Waals surface area contributed by atoms with Crippen LogP contribution in [-0.4, -0.2) is 21.3 Å². The van der Waals surface area contributed by atoms with Crippen molar-refractivity contribution >= 4 is 12.2 Å². The molecule has 0 atom stereocenters. The summed E-state index contributed by atoms with van der Waals surface area (Å²) in [6.45, 7) is 0. The summed E-state index contributed by atoms with van der Waals surface area (Å²) in [6.07, 6.45) is 6.72. The Bertz CT molecular complexity index is 610. The molecule has 0 bridgehead atoms. The van der Waals surface area contributed by atoms with Crippen LogP contribution >= 0.6 is 0 Å². The summed E-state index contributed by atoms with van der Waals surface area (Å²) in [5.74, 6) is 1.76. The number of pyridine rings is 1. The van der Waals surface area contributed by atoms with Crippen molar-refractivity contribution in [3.63, 3.8) is 0 Å². The highest BCUT2D eigenvalue weighted by Gasteiger charge is 2.11. The predicted octanol–water partition coefficient (Wildman–Crippen LogP) is 2.52. The molecular weight excluding hydrogens is 270 g/mol. The SMILES string of the molecule is COc1cc(/C=C\c2cc[n+]([O-])cc2)cc(OC)c1OC. The van der Waals surface area contributed by atoms with Crippen molar-refractivity contribution in [3.8, 4) is 17.2 Å². The van der Waals surface area contributed by atoms with E-state index < -0.39 is 0 Å². The zero-order valence-electron chi connectivity index (χ0n) is 12.2. The monoisotopic (exact) mass is 287 g/mol. The first-order chi connectivity index (χ1) is 10.2. The molecule has 0 N–H and O–H groups in total. The second-order valence-electron chi connectivity index (χ2n) is 4.28. The van der Waals surface area contributed by atoms with Gasteiger partial charge in [0.05, 0.1) is 21.3 Å². The van der Waals surface area contributed by atoms with Crippen LogP contribution in [0.5, 0.6) is 17.2 Å². The molecule has 0 amide bonds. The fourth-order valence-electron chi connectivity index (χ4n) is 1.93. The third-order valence-corrected chi connectivity index (χ3v) is 2.98. The lowest BCUT2D eigenvalue weighted by Crippen LogP contribution is -2.23. The smallest absolute Gasteiger partial charge is 0.203 e. The van der Waals surface area contributed by atoms with Gasteiger partial charge in [-0.3, -0.25) is 0 Å². The minimum atomic E-state index is 0.559. The molecule has 1 heterocycles. The van der Waals surface area contributed by atoms with Crippen molar-refractivity contribution in [2.24, 2.45) is 0 Å². The van der Waals surface area contributed by atoms with E-state index in [1.165, 1.54) is 12.4 Å². The Labute approximate surface area is 123 Å². The van der Waals surface area contributed by atoms with Crippen LogP contribution in [0, 0.1) is 5.21 Å². The van der Waals surface area contributed by atoms with E-state index in [4.69, 9.17) is 14.2 Å². The number of aromatic nitrogens is 1. The van der Waals surface area contributed by atoms with Crippen LogP contribution in [0.3, 0.4) is 0 Å². The Morgan fingerprint density at radius 1 is 0.857 bits per heavy atom. The van der Waals surface area contributed by atoms with E-state index in [1.807, 2.05) is 24.3 Å². The molecule has 21 heavy (non-hydrogen) atoms. The topological polar surface area (TPSA) is 54.6 Å². The summed E-state index contributed by atoms with van der Waals surface area (Å²) >= 11 is 0. The van der Waals surface area contributed by atoms with Crippen LogP contribution in [-0.2, 0) is 0 Å². The second kappa shape index (κ2) is 6.65. The maximum Gasteiger partial charge on any atom is 0.203 e. The molecule has 2 aromatic rings. The first kappa shape index (κ1) is 14.7. The molecule has 0 saturated heterocycles. The van der Waals surface area contributed by atoms with E-state index >= 15 is 0 Å². The minimum Gasteiger partial charge on any atom is -0.619 e. The summed E-state index contributed by atoms with van der Waals surface area (Å²) in [5, 5.41) is 11.0. The number of rotatable bonds is 5. The summed E-state index contributed by atoms with van der Waals surface area (Å²) < 4.78 is 16.6. The van der Waals surface area contributed by atoms with E-state index in [0.717, 1.165) is 15.9 Å². The Morgan fingerprint density at radius 2 is 1.38 bits per heavy atom. The zero-order valence-corrected chi connectivity index (χ0v) is 12.2. The maximum atomic E-state index is 11.0. The van der Waals surface area contributed by atoms with Gasteiger partial charge in [0.15, 0.2) is 23.9 Å². The van der Waals surface area contributed by atoms with Crippen LogP contribution in [0.2, 0.25) is 0 Å². The van der Waals surface area contributed by atoms with Crippen molar-refractivity contribution in [2.45, 2.75) is 0 Å². The molecule has 0 radical (unpaired) electrons. The van der Waals surface area contributed by atoms with E-state index in [-0.39, 0.29) is 0 Å². The quantitative estimate of drug-likeness (QED) is 0.626. The molecule has 0 spiro atoms. The molecule has 0 unspecified atom stereocenters. The third kappa shape index (κ3) is 3.45. The van der Waals surface area contributed by atoms with Gasteiger partial charge in [0.25, 0.3) is 0 Å². The number of hydrogen-bond acceptors (Lipinski definition) is 4. The lowest BCUT2D eigenvalue weighted by Gasteiger charge is -2.12. The fraction of sp³-hybridized carbons (Fsp3) is 0.188. The average Bonchev–Trinajstić information content (AvgIpc) is 2.53. The largest absolute Gasteiger partial charge is 0.619 e. The number of methoxy groups -OCH3 is 3. The van der Waals surface area contributed by atoms with Gasteiger partial charge in [-0.1, -0.05) is 12.2 Å². The Hall–Kier alpha value is -2.69. The van der Waals surface area contributed by atoms with Crippen molar-refractivity contribution in [2.75, 3.05) is 21.3 Å². The summed E-state index contributed by atoms with van der Waals surface area (Å²) in [4.78, 5) is 0. The van der Waals surface area contributed by atoms with Gasteiger partial charge in [-0.15, -0.1) is 0 Å². The molecule has 2 rings (SSSR count). The molecular formula is C16H17NO4.